The summed E-state index contributed by atoms with van der Waals surface area (Å²) < 4.78 is 18.6. The highest BCUT2D eigenvalue weighted by atomic mass is 31.2. The molecule has 0 bridgehead atoms. The molecule has 1 aliphatic carbocycles. The lowest BCUT2D eigenvalue weighted by atomic mass is 9.83. The molecule has 1 aliphatic rings. The van der Waals surface area contributed by atoms with Crippen LogP contribution in [0, 0.1) is 11.8 Å². The normalized spacial score (nSPS) is 22.5. The number of nitrogens with two attached hydrogens (primary N) is 1. The molecule has 180 valence electrons. The highest BCUT2D eigenvalue weighted by Crippen LogP contribution is 2.53. The van der Waals surface area contributed by atoms with Crippen molar-refractivity contribution < 1.29 is 28.7 Å². The zero-order valence-electron chi connectivity index (χ0n) is 18.8. The fraction of sp³-hybridized carbons (Fsp3) is 0.652. The predicted octanol–water partition coefficient (Wildman–Crippen LogP) is 3.67. The maximum Gasteiger partial charge on any atom is 0.351 e. The van der Waals surface area contributed by atoms with Gasteiger partial charge in [-0.25, -0.2) is 4.79 Å². The van der Waals surface area contributed by atoms with Gasteiger partial charge in [0.15, 0.2) is 6.10 Å². The standard InChI is InChI=1S/C23H37N2O6P/c1-17-10-13-19(14-11-17)22(25-21(26)15-12-18-7-3-2-4-8-18)32(29,30)31-20(23(27)28)9-5-6-16-24/h2-4,7-8,17,19-20,22H,5-6,9-16,24H2,1H3,(H,25,26)(H,27,28)(H,29,30). The summed E-state index contributed by atoms with van der Waals surface area (Å²) in [6.45, 7) is 2.54. The van der Waals surface area contributed by atoms with Crippen molar-refractivity contribution in [1.29, 1.82) is 0 Å². The molecule has 0 spiro atoms. The number of carboxylic acid groups (broad SMARTS) is 1. The lowest BCUT2D eigenvalue weighted by Crippen LogP contribution is -2.43. The van der Waals surface area contributed by atoms with Crippen LogP contribution < -0.4 is 11.1 Å². The zero-order valence-corrected chi connectivity index (χ0v) is 19.7. The number of aliphatic carboxylic acids is 1. The largest absolute Gasteiger partial charge is 0.479 e. The summed E-state index contributed by atoms with van der Waals surface area (Å²) >= 11 is 0. The molecule has 1 fully saturated rings. The van der Waals surface area contributed by atoms with Gasteiger partial charge in [-0.1, -0.05) is 50.1 Å². The number of hydrogen-bond donors (Lipinski definition) is 4. The molecular formula is C23H37N2O6P. The maximum atomic E-state index is 13.3. The fourth-order valence-electron chi connectivity index (χ4n) is 4.15. The summed E-state index contributed by atoms with van der Waals surface area (Å²) in [6.07, 6.45) is 3.58. The van der Waals surface area contributed by atoms with Crippen molar-refractivity contribution in [3.63, 3.8) is 0 Å². The summed E-state index contributed by atoms with van der Waals surface area (Å²) in [7, 11) is -4.44. The monoisotopic (exact) mass is 468 g/mol. The Bertz CT molecular complexity index is 767. The average molecular weight is 469 g/mol. The smallest absolute Gasteiger partial charge is 0.351 e. The maximum absolute atomic E-state index is 13.3. The Hall–Kier alpha value is -1.73. The van der Waals surface area contributed by atoms with Crippen molar-refractivity contribution >= 4 is 19.5 Å². The van der Waals surface area contributed by atoms with Gasteiger partial charge in [-0.15, -0.1) is 0 Å². The Morgan fingerprint density at radius 2 is 1.84 bits per heavy atom. The predicted molar refractivity (Wildman–Crippen MR) is 123 cm³/mol. The van der Waals surface area contributed by atoms with Crippen molar-refractivity contribution in [3.05, 3.63) is 35.9 Å². The summed E-state index contributed by atoms with van der Waals surface area (Å²) in [5, 5.41) is 12.2. The minimum absolute atomic E-state index is 0.0907. The first-order valence-corrected chi connectivity index (χ1v) is 13.1. The van der Waals surface area contributed by atoms with Gasteiger partial charge < -0.3 is 21.1 Å². The Labute approximate surface area is 190 Å². The number of hydrogen-bond acceptors (Lipinski definition) is 5. The van der Waals surface area contributed by atoms with Crippen LogP contribution in [0.3, 0.4) is 0 Å². The van der Waals surface area contributed by atoms with Crippen LogP contribution in [0.5, 0.6) is 0 Å². The van der Waals surface area contributed by atoms with E-state index >= 15 is 0 Å². The van der Waals surface area contributed by atoms with E-state index in [1.165, 1.54) is 0 Å². The summed E-state index contributed by atoms with van der Waals surface area (Å²) in [4.78, 5) is 35.1. The van der Waals surface area contributed by atoms with Crippen molar-refractivity contribution in [2.75, 3.05) is 6.54 Å². The number of aryl methyl sites for hydroxylation is 1. The second kappa shape index (κ2) is 13.1. The highest BCUT2D eigenvalue weighted by molar-refractivity contribution is 7.53. The molecule has 1 aromatic carbocycles. The molecule has 1 amide bonds. The van der Waals surface area contributed by atoms with Gasteiger partial charge in [0.1, 0.15) is 5.78 Å². The molecule has 8 nitrogen and oxygen atoms in total. The topological polar surface area (TPSA) is 139 Å². The van der Waals surface area contributed by atoms with Crippen LogP contribution in [0.2, 0.25) is 0 Å². The van der Waals surface area contributed by atoms with Crippen molar-refractivity contribution in [1.82, 2.24) is 5.32 Å². The first-order chi connectivity index (χ1) is 15.2. The van der Waals surface area contributed by atoms with Gasteiger partial charge in [0.2, 0.25) is 5.91 Å². The second-order valence-electron chi connectivity index (χ2n) is 8.80. The minimum atomic E-state index is -4.44. The molecule has 1 saturated carbocycles. The van der Waals surface area contributed by atoms with E-state index in [1.807, 2.05) is 30.3 Å². The molecule has 0 aromatic heterocycles. The summed E-state index contributed by atoms with van der Waals surface area (Å²) in [5.41, 5.74) is 6.46. The molecule has 32 heavy (non-hydrogen) atoms. The summed E-state index contributed by atoms with van der Waals surface area (Å²) in [5.74, 6) is -2.47. The van der Waals surface area contributed by atoms with Crippen molar-refractivity contribution in [2.45, 2.75) is 76.6 Å². The van der Waals surface area contributed by atoms with E-state index in [-0.39, 0.29) is 24.7 Å². The highest BCUT2D eigenvalue weighted by Gasteiger charge is 2.43. The number of benzene rings is 1. The van der Waals surface area contributed by atoms with Gasteiger partial charge in [0.05, 0.1) is 0 Å². The van der Waals surface area contributed by atoms with Gasteiger partial charge in [-0.3, -0.25) is 13.9 Å². The van der Waals surface area contributed by atoms with Crippen LogP contribution in [0.4, 0.5) is 0 Å². The number of carboxylic acids is 1. The number of rotatable bonds is 13. The molecule has 0 saturated heterocycles. The Morgan fingerprint density at radius 3 is 2.44 bits per heavy atom. The molecule has 3 unspecified atom stereocenters. The molecule has 9 heteroatoms. The first-order valence-electron chi connectivity index (χ1n) is 11.5. The Morgan fingerprint density at radius 1 is 1.19 bits per heavy atom. The first kappa shape index (κ1) is 26.5. The molecule has 0 aliphatic heterocycles. The Kier molecular flexibility index (Phi) is 10.9. The molecule has 0 heterocycles. The van der Waals surface area contributed by atoms with Crippen molar-refractivity contribution in [3.8, 4) is 0 Å². The fourth-order valence-corrected chi connectivity index (χ4v) is 5.98. The number of unbranched alkanes of at least 4 members (excludes halogenated alkanes) is 1. The van der Waals surface area contributed by atoms with Crippen LogP contribution >= 0.6 is 7.60 Å². The van der Waals surface area contributed by atoms with Crippen LogP contribution in [0.15, 0.2) is 30.3 Å². The number of carbonyl (C=O) groups is 2. The quantitative estimate of drug-likeness (QED) is 0.256. The lowest BCUT2D eigenvalue weighted by Gasteiger charge is -2.35. The van der Waals surface area contributed by atoms with Crippen LogP contribution in [0.25, 0.3) is 0 Å². The van der Waals surface area contributed by atoms with E-state index in [4.69, 9.17) is 10.3 Å². The average Bonchev–Trinajstić information content (AvgIpc) is 2.76. The van der Waals surface area contributed by atoms with Gasteiger partial charge >= 0.3 is 13.6 Å². The van der Waals surface area contributed by atoms with Gasteiger partial charge in [0.25, 0.3) is 0 Å². The zero-order chi connectivity index (χ0) is 23.6. The number of carbonyl (C=O) groups excluding carboxylic acids is 1. The van der Waals surface area contributed by atoms with Gasteiger partial charge in [-0.05, 0) is 62.5 Å². The number of nitrogens with one attached hydrogen (secondary N) is 1. The SMILES string of the molecule is CC1CCC(C(NC(=O)CCc2ccccc2)P(=O)(O)OC(CCCCN)C(=O)O)CC1. The third-order valence-corrected chi connectivity index (χ3v) is 7.94. The van der Waals surface area contributed by atoms with E-state index in [9.17, 15) is 24.2 Å². The Balaban J connectivity index is 2.10. The van der Waals surface area contributed by atoms with E-state index in [1.54, 1.807) is 0 Å². The summed E-state index contributed by atoms with van der Waals surface area (Å²) in [6, 6.07) is 9.53. The van der Waals surface area contributed by atoms with Gasteiger partial charge in [0, 0.05) is 6.42 Å². The second-order valence-corrected chi connectivity index (χ2v) is 10.7. The van der Waals surface area contributed by atoms with Crippen molar-refractivity contribution in [2.24, 2.45) is 17.6 Å². The van der Waals surface area contributed by atoms with E-state index in [0.29, 0.717) is 44.6 Å². The van der Waals surface area contributed by atoms with Crippen LogP contribution in [-0.4, -0.2) is 40.3 Å². The number of amides is 1. The minimum Gasteiger partial charge on any atom is -0.479 e. The molecular weight excluding hydrogens is 431 g/mol. The molecule has 3 atom stereocenters. The third kappa shape index (κ3) is 8.66. The molecule has 5 N–H and O–H groups in total. The van der Waals surface area contributed by atoms with Gasteiger partial charge in [-0.2, -0.15) is 0 Å². The molecule has 2 rings (SSSR count). The van der Waals surface area contributed by atoms with E-state index in [0.717, 1.165) is 18.4 Å². The van der Waals surface area contributed by atoms with Crippen LogP contribution in [0.1, 0.15) is 63.9 Å². The lowest BCUT2D eigenvalue weighted by molar-refractivity contribution is -0.145. The third-order valence-electron chi connectivity index (χ3n) is 6.13. The van der Waals surface area contributed by atoms with E-state index in [2.05, 4.69) is 12.2 Å². The van der Waals surface area contributed by atoms with E-state index < -0.39 is 25.5 Å². The molecule has 1 aromatic rings. The van der Waals surface area contributed by atoms with Crippen LogP contribution in [-0.2, 0) is 25.1 Å². The molecule has 0 radical (unpaired) electrons.